The van der Waals surface area contributed by atoms with Crippen LogP contribution in [0.25, 0.3) is 0 Å². The lowest BCUT2D eigenvalue weighted by atomic mass is 10.0. The number of hydrogen-bond acceptors (Lipinski definition) is 4. The van der Waals surface area contributed by atoms with Gasteiger partial charge in [-0.2, -0.15) is 0 Å². The number of ether oxygens (including phenoxy) is 1. The van der Waals surface area contributed by atoms with E-state index in [1.807, 2.05) is 6.07 Å². The van der Waals surface area contributed by atoms with Gasteiger partial charge in [0.1, 0.15) is 12.4 Å². The zero-order chi connectivity index (χ0) is 17.9. The Labute approximate surface area is 165 Å². The number of hydrogen-bond donors (Lipinski definition) is 2. The summed E-state index contributed by atoms with van der Waals surface area (Å²) in [6, 6.07) is 10.6. The minimum Gasteiger partial charge on any atom is -0.487 e. The van der Waals surface area contributed by atoms with Crippen LogP contribution in [0.5, 0.6) is 5.75 Å². The summed E-state index contributed by atoms with van der Waals surface area (Å²) in [7, 11) is -2.03. The summed E-state index contributed by atoms with van der Waals surface area (Å²) in [6.45, 7) is 2.19. The van der Waals surface area contributed by atoms with Crippen molar-refractivity contribution in [3.8, 4) is 5.75 Å². The maximum absolute atomic E-state index is 11.8. The van der Waals surface area contributed by atoms with E-state index in [-0.39, 0.29) is 17.3 Å². The number of halogens is 2. The molecule has 0 bridgehead atoms. The van der Waals surface area contributed by atoms with Gasteiger partial charge in [0.15, 0.2) is 0 Å². The smallest absolute Gasteiger partial charge is 0.240 e. The van der Waals surface area contributed by atoms with Crippen LogP contribution in [0.2, 0.25) is 5.02 Å². The summed E-state index contributed by atoms with van der Waals surface area (Å²) in [5.74, 6) is 0.731. The van der Waals surface area contributed by atoms with Gasteiger partial charge in [0.2, 0.25) is 10.0 Å². The molecule has 0 aliphatic carbocycles. The summed E-state index contributed by atoms with van der Waals surface area (Å²) >= 11 is 6.35. The molecule has 0 radical (unpaired) electrons. The van der Waals surface area contributed by atoms with Gasteiger partial charge in [0.05, 0.1) is 9.92 Å². The molecule has 2 aromatic carbocycles. The predicted molar refractivity (Wildman–Crippen MR) is 106 cm³/mol. The first-order chi connectivity index (χ1) is 12.0. The Hall–Kier alpha value is -1.31. The molecule has 1 aliphatic rings. The molecule has 0 saturated carbocycles. The van der Waals surface area contributed by atoms with Crippen LogP contribution in [0.15, 0.2) is 41.3 Å². The average molecular weight is 417 g/mol. The first-order valence-corrected chi connectivity index (χ1v) is 10.0. The van der Waals surface area contributed by atoms with Crippen molar-refractivity contribution in [2.75, 3.05) is 20.1 Å². The zero-order valence-corrected chi connectivity index (χ0v) is 16.8. The van der Waals surface area contributed by atoms with Gasteiger partial charge in [-0.15, -0.1) is 12.4 Å². The fourth-order valence-electron chi connectivity index (χ4n) is 2.90. The van der Waals surface area contributed by atoms with Crippen molar-refractivity contribution in [3.05, 3.63) is 58.1 Å². The fourth-order valence-corrected chi connectivity index (χ4v) is 3.87. The highest BCUT2D eigenvalue weighted by atomic mass is 35.5. The summed E-state index contributed by atoms with van der Waals surface area (Å²) in [5, 5.41) is 3.99. The van der Waals surface area contributed by atoms with E-state index in [2.05, 4.69) is 16.1 Å². The normalized spacial score (nSPS) is 14.1. The van der Waals surface area contributed by atoms with E-state index in [1.165, 1.54) is 12.6 Å². The van der Waals surface area contributed by atoms with Crippen LogP contribution in [-0.2, 0) is 29.5 Å². The average Bonchev–Trinajstić information content (AvgIpc) is 2.87. The molecule has 1 aliphatic heterocycles. The lowest BCUT2D eigenvalue weighted by Gasteiger charge is -2.15. The molecular weight excluding hydrogens is 395 g/mol. The lowest BCUT2D eigenvalue weighted by molar-refractivity contribution is 0.303. The highest BCUT2D eigenvalue weighted by Gasteiger charge is 2.16. The molecule has 0 atom stereocenters. The lowest BCUT2D eigenvalue weighted by Crippen LogP contribution is -2.18. The first kappa shape index (κ1) is 21.0. The highest BCUT2D eigenvalue weighted by Crippen LogP contribution is 2.33. The molecule has 1 heterocycles. The van der Waals surface area contributed by atoms with Crippen LogP contribution in [0.4, 0.5) is 0 Å². The second kappa shape index (κ2) is 9.06. The monoisotopic (exact) mass is 416 g/mol. The summed E-state index contributed by atoms with van der Waals surface area (Å²) < 4.78 is 31.8. The zero-order valence-electron chi connectivity index (χ0n) is 14.4. The Kier molecular flexibility index (Phi) is 7.32. The molecule has 0 saturated heterocycles. The van der Waals surface area contributed by atoms with Crippen LogP contribution in [0, 0.1) is 0 Å². The molecule has 2 N–H and O–H groups in total. The topological polar surface area (TPSA) is 67.4 Å². The van der Waals surface area contributed by atoms with Crippen LogP contribution >= 0.6 is 24.0 Å². The first-order valence-electron chi connectivity index (χ1n) is 8.17. The highest BCUT2D eigenvalue weighted by molar-refractivity contribution is 7.89. The summed E-state index contributed by atoms with van der Waals surface area (Å²) in [4.78, 5) is 0.233. The fraction of sp³-hybridized carbons (Fsp3) is 0.333. The Morgan fingerprint density at radius 3 is 2.50 bits per heavy atom. The molecule has 8 heteroatoms. The van der Waals surface area contributed by atoms with E-state index in [0.717, 1.165) is 42.8 Å². The molecule has 0 amide bonds. The summed E-state index contributed by atoms with van der Waals surface area (Å²) in [6.07, 6.45) is 1.84. The maximum Gasteiger partial charge on any atom is 0.240 e. The molecule has 142 valence electrons. The Balaban J connectivity index is 0.00000243. The van der Waals surface area contributed by atoms with Crippen molar-refractivity contribution in [2.24, 2.45) is 0 Å². The van der Waals surface area contributed by atoms with Crippen molar-refractivity contribution in [1.29, 1.82) is 0 Å². The predicted octanol–water partition coefficient (Wildman–Crippen LogP) is 2.94. The van der Waals surface area contributed by atoms with Gasteiger partial charge >= 0.3 is 0 Å². The quantitative estimate of drug-likeness (QED) is 0.785. The number of sulfonamides is 1. The van der Waals surface area contributed by atoms with Crippen molar-refractivity contribution in [3.63, 3.8) is 0 Å². The Morgan fingerprint density at radius 1 is 1.12 bits per heavy atom. The van der Waals surface area contributed by atoms with Gasteiger partial charge in [-0.1, -0.05) is 29.8 Å². The third-order valence-electron chi connectivity index (χ3n) is 4.32. The SMILES string of the molecule is CNS(=O)(=O)c1ccc(COc2c(Cl)ccc3c2CCNCC3)cc1.Cl. The number of nitrogens with one attached hydrogen (secondary N) is 2. The third kappa shape index (κ3) is 4.69. The molecule has 0 aromatic heterocycles. The largest absolute Gasteiger partial charge is 0.487 e. The van der Waals surface area contributed by atoms with Crippen LogP contribution < -0.4 is 14.8 Å². The molecule has 3 rings (SSSR count). The minimum atomic E-state index is -3.42. The van der Waals surface area contributed by atoms with Gasteiger partial charge in [-0.3, -0.25) is 0 Å². The second-order valence-electron chi connectivity index (χ2n) is 5.90. The van der Waals surface area contributed by atoms with Crippen LogP contribution in [-0.4, -0.2) is 28.6 Å². The van der Waals surface area contributed by atoms with Crippen molar-refractivity contribution >= 4 is 34.0 Å². The minimum absolute atomic E-state index is 0. The van der Waals surface area contributed by atoms with Gasteiger partial charge in [-0.25, -0.2) is 13.1 Å². The van der Waals surface area contributed by atoms with E-state index in [4.69, 9.17) is 16.3 Å². The molecule has 0 unspecified atom stereocenters. The van der Waals surface area contributed by atoms with E-state index in [0.29, 0.717) is 11.6 Å². The molecule has 5 nitrogen and oxygen atoms in total. The van der Waals surface area contributed by atoms with Crippen LogP contribution in [0.1, 0.15) is 16.7 Å². The second-order valence-corrected chi connectivity index (χ2v) is 8.20. The molecule has 0 fully saturated rings. The number of fused-ring (bicyclic) bond motifs is 1. The molecule has 26 heavy (non-hydrogen) atoms. The molecule has 0 spiro atoms. The van der Waals surface area contributed by atoms with Crippen molar-refractivity contribution in [2.45, 2.75) is 24.3 Å². The standard InChI is InChI=1S/C18H21ClN2O3S.ClH/c1-20-25(22,23)15-5-2-13(3-6-15)12-24-18-16-9-11-21-10-8-14(16)4-7-17(18)19;/h2-7,20-21H,8-12H2,1H3;1H. The van der Waals surface area contributed by atoms with Gasteiger partial charge in [0.25, 0.3) is 0 Å². The Bertz CT molecular complexity index is 855. The van der Waals surface area contributed by atoms with Crippen LogP contribution in [0.3, 0.4) is 0 Å². The van der Waals surface area contributed by atoms with E-state index < -0.39 is 10.0 Å². The van der Waals surface area contributed by atoms with E-state index in [9.17, 15) is 8.42 Å². The van der Waals surface area contributed by atoms with Crippen molar-refractivity contribution < 1.29 is 13.2 Å². The van der Waals surface area contributed by atoms with Gasteiger partial charge < -0.3 is 10.1 Å². The van der Waals surface area contributed by atoms with E-state index >= 15 is 0 Å². The Morgan fingerprint density at radius 2 is 1.81 bits per heavy atom. The molecular formula is C18H22Cl2N2O3S. The third-order valence-corrected chi connectivity index (χ3v) is 6.05. The number of benzene rings is 2. The summed E-state index contributed by atoms with van der Waals surface area (Å²) in [5.41, 5.74) is 3.31. The number of rotatable bonds is 5. The maximum atomic E-state index is 11.8. The van der Waals surface area contributed by atoms with Crippen molar-refractivity contribution in [1.82, 2.24) is 10.0 Å². The molecule has 2 aromatic rings. The van der Waals surface area contributed by atoms with Gasteiger partial charge in [0, 0.05) is 5.56 Å². The van der Waals surface area contributed by atoms with Gasteiger partial charge in [-0.05, 0) is 62.3 Å². The van der Waals surface area contributed by atoms with E-state index in [1.54, 1.807) is 24.3 Å².